The summed E-state index contributed by atoms with van der Waals surface area (Å²) in [6.07, 6.45) is 2.13. The fourth-order valence-corrected chi connectivity index (χ4v) is 2.85. The second-order valence-corrected chi connectivity index (χ2v) is 6.59. The first kappa shape index (κ1) is 20.2. The molecule has 0 aromatic heterocycles. The predicted octanol–water partition coefficient (Wildman–Crippen LogP) is 1.79. The number of rotatable bonds is 8. The van der Waals surface area contributed by atoms with E-state index in [1.807, 2.05) is 6.92 Å². The molecule has 0 unspecified atom stereocenters. The number of hydrogen-bond acceptors (Lipinski definition) is 4. The van der Waals surface area contributed by atoms with Gasteiger partial charge in [-0.3, -0.25) is 20.4 Å². The number of carboxylic acids is 1. The fourth-order valence-electron chi connectivity index (χ4n) is 2.38. The lowest BCUT2D eigenvalue weighted by Crippen LogP contribution is -2.43. The Kier molecular flexibility index (Phi) is 8.46. The van der Waals surface area contributed by atoms with E-state index in [0.717, 1.165) is 12.8 Å². The number of amides is 2. The molecule has 0 spiro atoms. The molecular weight excluding hydrogens is 376 g/mol. The van der Waals surface area contributed by atoms with Crippen molar-refractivity contribution in [2.24, 2.45) is 11.8 Å². The second kappa shape index (κ2) is 10.1. The highest BCUT2D eigenvalue weighted by atomic mass is 79.9. The summed E-state index contributed by atoms with van der Waals surface area (Å²) < 4.78 is 0.613. The molecule has 1 aromatic carbocycles. The van der Waals surface area contributed by atoms with Crippen molar-refractivity contribution in [3.63, 3.8) is 0 Å². The quantitative estimate of drug-likeness (QED) is 0.653. The first-order chi connectivity index (χ1) is 11.4. The van der Waals surface area contributed by atoms with Gasteiger partial charge in [0.1, 0.15) is 0 Å². The molecule has 132 valence electrons. The highest BCUT2D eigenvalue weighted by Gasteiger charge is 2.21. The molecule has 0 aliphatic rings. The minimum atomic E-state index is -1.14. The predicted molar refractivity (Wildman–Crippen MR) is 91.6 cm³/mol. The van der Waals surface area contributed by atoms with Crippen LogP contribution in [0.2, 0.25) is 0 Å². The third-order valence-electron chi connectivity index (χ3n) is 3.80. The van der Waals surface area contributed by atoms with Crippen LogP contribution in [-0.4, -0.2) is 17.8 Å². The maximum Gasteiger partial charge on any atom is 0.270 e. The number of hydrazine groups is 1. The molecule has 0 bridgehead atoms. The maximum absolute atomic E-state index is 12.0. The van der Waals surface area contributed by atoms with Gasteiger partial charge in [-0.25, -0.2) is 0 Å². The van der Waals surface area contributed by atoms with Crippen LogP contribution in [0.25, 0.3) is 0 Å². The summed E-state index contributed by atoms with van der Waals surface area (Å²) in [5.74, 6) is -3.07. The lowest BCUT2D eigenvalue weighted by atomic mass is 9.87. The molecule has 0 radical (unpaired) electrons. The number of aliphatic carboxylic acids is 1. The zero-order chi connectivity index (χ0) is 18.1. The van der Waals surface area contributed by atoms with Gasteiger partial charge >= 0.3 is 0 Å². The molecule has 1 aromatic rings. The van der Waals surface area contributed by atoms with Crippen LogP contribution in [0.15, 0.2) is 28.7 Å². The topological polar surface area (TPSA) is 98.3 Å². The second-order valence-electron chi connectivity index (χ2n) is 5.73. The lowest BCUT2D eigenvalue weighted by molar-refractivity contribution is -0.313. The molecule has 2 atom stereocenters. The van der Waals surface area contributed by atoms with Crippen LogP contribution in [0.5, 0.6) is 0 Å². The van der Waals surface area contributed by atoms with E-state index in [9.17, 15) is 19.5 Å². The number of nitrogens with one attached hydrogen (secondary N) is 2. The fraction of sp³-hybridized carbons (Fsp3) is 0.471. The van der Waals surface area contributed by atoms with Crippen molar-refractivity contribution in [1.82, 2.24) is 10.9 Å². The largest absolute Gasteiger partial charge is 0.550 e. The molecule has 1 rings (SSSR count). The van der Waals surface area contributed by atoms with E-state index in [2.05, 4.69) is 26.8 Å². The SMILES string of the molecule is CCCC[C@H](C(=O)[O-])[C@@H](C)CC(=O)NNC(=O)c1ccccc1Br. The Morgan fingerprint density at radius 2 is 1.88 bits per heavy atom. The third-order valence-corrected chi connectivity index (χ3v) is 4.49. The molecule has 0 saturated carbocycles. The highest BCUT2D eigenvalue weighted by Crippen LogP contribution is 2.21. The van der Waals surface area contributed by atoms with Crippen LogP contribution < -0.4 is 16.0 Å². The normalized spacial score (nSPS) is 13.0. The summed E-state index contributed by atoms with van der Waals surface area (Å²) in [6.45, 7) is 3.67. The van der Waals surface area contributed by atoms with Crippen LogP contribution in [0.3, 0.4) is 0 Å². The average Bonchev–Trinajstić information content (AvgIpc) is 2.53. The molecule has 6 nitrogen and oxygen atoms in total. The molecule has 0 aliphatic heterocycles. The van der Waals surface area contributed by atoms with Crippen molar-refractivity contribution < 1.29 is 19.5 Å². The van der Waals surface area contributed by atoms with Crippen molar-refractivity contribution in [3.8, 4) is 0 Å². The Balaban J connectivity index is 2.51. The van der Waals surface area contributed by atoms with Crippen LogP contribution in [0.1, 0.15) is 49.9 Å². The minimum absolute atomic E-state index is 0.00139. The van der Waals surface area contributed by atoms with Crippen molar-refractivity contribution in [2.75, 3.05) is 0 Å². The van der Waals surface area contributed by atoms with Gasteiger partial charge in [-0.1, -0.05) is 38.8 Å². The molecule has 24 heavy (non-hydrogen) atoms. The van der Waals surface area contributed by atoms with Crippen LogP contribution in [0, 0.1) is 11.8 Å². The van der Waals surface area contributed by atoms with Crippen molar-refractivity contribution in [1.29, 1.82) is 0 Å². The standard InChI is InChI=1S/C17H23BrN2O4/c1-3-4-7-12(17(23)24)11(2)10-15(21)19-20-16(22)13-8-5-6-9-14(13)18/h5-6,8-9,11-12H,3-4,7,10H2,1-2H3,(H,19,21)(H,20,22)(H,23,24)/p-1/t11-,12-/m0/s1. The molecular formula is C17H22BrN2O4-. The third kappa shape index (κ3) is 6.31. The van der Waals surface area contributed by atoms with E-state index in [1.54, 1.807) is 31.2 Å². The Hall–Kier alpha value is -1.89. The Labute approximate surface area is 150 Å². The maximum atomic E-state index is 12.0. The molecule has 2 N–H and O–H groups in total. The van der Waals surface area contributed by atoms with Gasteiger partial charge in [0.2, 0.25) is 5.91 Å². The molecule has 0 heterocycles. The Bertz CT molecular complexity index is 592. The molecule has 2 amide bonds. The average molecular weight is 398 g/mol. The monoisotopic (exact) mass is 397 g/mol. The van der Waals surface area contributed by atoms with E-state index < -0.39 is 23.7 Å². The van der Waals surface area contributed by atoms with Crippen molar-refractivity contribution in [2.45, 2.75) is 39.5 Å². The van der Waals surface area contributed by atoms with Gasteiger partial charge in [0.15, 0.2) is 0 Å². The number of unbranched alkanes of at least 4 members (excludes halogenated alkanes) is 1. The molecule has 0 fully saturated rings. The van der Waals surface area contributed by atoms with E-state index >= 15 is 0 Å². The zero-order valence-electron chi connectivity index (χ0n) is 13.8. The lowest BCUT2D eigenvalue weighted by Gasteiger charge is -2.24. The number of carbonyl (C=O) groups is 3. The van der Waals surface area contributed by atoms with Gasteiger partial charge < -0.3 is 9.90 Å². The summed E-state index contributed by atoms with van der Waals surface area (Å²) >= 11 is 3.26. The number of carbonyl (C=O) groups excluding carboxylic acids is 3. The Morgan fingerprint density at radius 3 is 2.46 bits per heavy atom. The van der Waals surface area contributed by atoms with Gasteiger partial charge in [-0.15, -0.1) is 0 Å². The summed E-state index contributed by atoms with van der Waals surface area (Å²) in [6, 6.07) is 6.82. The minimum Gasteiger partial charge on any atom is -0.550 e. The smallest absolute Gasteiger partial charge is 0.270 e. The molecule has 0 saturated heterocycles. The molecule has 7 heteroatoms. The van der Waals surface area contributed by atoms with Crippen molar-refractivity contribution >= 4 is 33.7 Å². The van der Waals surface area contributed by atoms with Gasteiger partial charge in [-0.2, -0.15) is 0 Å². The number of carboxylic acid groups (broad SMARTS) is 1. The first-order valence-corrected chi connectivity index (χ1v) is 8.70. The van der Waals surface area contributed by atoms with Gasteiger partial charge in [0.05, 0.1) is 5.56 Å². The summed E-state index contributed by atoms with van der Waals surface area (Å²) in [5, 5.41) is 11.2. The highest BCUT2D eigenvalue weighted by molar-refractivity contribution is 9.10. The Morgan fingerprint density at radius 1 is 1.21 bits per heavy atom. The van der Waals surface area contributed by atoms with Gasteiger partial charge in [0.25, 0.3) is 5.91 Å². The van der Waals surface area contributed by atoms with E-state index in [-0.39, 0.29) is 12.3 Å². The van der Waals surface area contributed by atoms with Crippen molar-refractivity contribution in [3.05, 3.63) is 34.3 Å². The van der Waals surface area contributed by atoms with E-state index in [0.29, 0.717) is 16.5 Å². The summed E-state index contributed by atoms with van der Waals surface area (Å²) in [7, 11) is 0. The summed E-state index contributed by atoms with van der Waals surface area (Å²) in [4.78, 5) is 35.1. The zero-order valence-corrected chi connectivity index (χ0v) is 15.4. The van der Waals surface area contributed by atoms with Crippen LogP contribution >= 0.6 is 15.9 Å². The van der Waals surface area contributed by atoms with Crippen LogP contribution in [0.4, 0.5) is 0 Å². The van der Waals surface area contributed by atoms with Gasteiger partial charge in [-0.05, 0) is 40.4 Å². The van der Waals surface area contributed by atoms with Gasteiger partial charge in [0, 0.05) is 22.8 Å². The number of halogens is 1. The van der Waals surface area contributed by atoms with E-state index in [1.165, 1.54) is 0 Å². The van der Waals surface area contributed by atoms with E-state index in [4.69, 9.17) is 0 Å². The first-order valence-electron chi connectivity index (χ1n) is 7.91. The van der Waals surface area contributed by atoms with Crippen LogP contribution in [-0.2, 0) is 9.59 Å². The summed E-state index contributed by atoms with van der Waals surface area (Å²) in [5.41, 5.74) is 5.03. The molecule has 0 aliphatic carbocycles. The number of hydrogen-bond donors (Lipinski definition) is 2. The number of benzene rings is 1.